The van der Waals surface area contributed by atoms with Crippen molar-refractivity contribution in [1.29, 1.82) is 0 Å². The van der Waals surface area contributed by atoms with Gasteiger partial charge in [0, 0.05) is 5.56 Å². The molecule has 2 atom stereocenters. The molecule has 1 aromatic rings. The third-order valence-corrected chi connectivity index (χ3v) is 3.64. The van der Waals surface area contributed by atoms with Crippen molar-refractivity contribution in [3.63, 3.8) is 0 Å². The van der Waals surface area contributed by atoms with Gasteiger partial charge in [0.25, 0.3) is 0 Å². The van der Waals surface area contributed by atoms with Gasteiger partial charge in [0.05, 0.1) is 28.6 Å². The molecule has 2 unspecified atom stereocenters. The van der Waals surface area contributed by atoms with Crippen LogP contribution in [0.25, 0.3) is 0 Å². The van der Waals surface area contributed by atoms with E-state index in [2.05, 4.69) is 0 Å². The second kappa shape index (κ2) is 4.71. The topological polar surface area (TPSA) is 18.5 Å². The standard InChI is InChI=1S/C11H11Cl3O2/c1-11(15-6-8(5-12)16-11)7-2-3-9(13)10(14)4-7/h2-4,8H,5-6H2,1H3. The molecule has 1 saturated heterocycles. The number of ether oxygens (including phenoxy) is 2. The van der Waals surface area contributed by atoms with Crippen molar-refractivity contribution in [2.75, 3.05) is 12.5 Å². The molecule has 1 heterocycles. The maximum absolute atomic E-state index is 5.96. The van der Waals surface area contributed by atoms with Crippen molar-refractivity contribution >= 4 is 34.8 Å². The molecule has 1 aliphatic heterocycles. The summed E-state index contributed by atoms with van der Waals surface area (Å²) in [5, 5.41) is 1.00. The number of hydrogen-bond donors (Lipinski definition) is 0. The summed E-state index contributed by atoms with van der Waals surface area (Å²) >= 11 is 17.5. The Bertz CT molecular complexity index is 397. The third kappa shape index (κ3) is 2.31. The maximum Gasteiger partial charge on any atom is 0.192 e. The van der Waals surface area contributed by atoms with Crippen molar-refractivity contribution in [2.45, 2.75) is 18.8 Å². The predicted octanol–water partition coefficient (Wildman–Crippen LogP) is 3.82. The highest BCUT2D eigenvalue weighted by Crippen LogP contribution is 2.36. The normalized spacial score (nSPS) is 29.6. The van der Waals surface area contributed by atoms with Gasteiger partial charge in [-0.15, -0.1) is 11.6 Å². The molecule has 2 nitrogen and oxygen atoms in total. The minimum Gasteiger partial charge on any atom is -0.343 e. The summed E-state index contributed by atoms with van der Waals surface area (Å²) in [5.74, 6) is -0.370. The first kappa shape index (κ1) is 12.5. The van der Waals surface area contributed by atoms with Gasteiger partial charge in [0.15, 0.2) is 5.79 Å². The van der Waals surface area contributed by atoms with E-state index in [4.69, 9.17) is 44.3 Å². The molecule has 0 spiro atoms. The van der Waals surface area contributed by atoms with Gasteiger partial charge in [-0.2, -0.15) is 0 Å². The lowest BCUT2D eigenvalue weighted by atomic mass is 10.1. The first-order valence-corrected chi connectivity index (χ1v) is 6.17. The van der Waals surface area contributed by atoms with Crippen LogP contribution in [0.4, 0.5) is 0 Å². The number of halogens is 3. The molecule has 0 N–H and O–H groups in total. The molecule has 16 heavy (non-hydrogen) atoms. The van der Waals surface area contributed by atoms with E-state index in [1.807, 2.05) is 13.0 Å². The van der Waals surface area contributed by atoms with Crippen molar-refractivity contribution in [2.24, 2.45) is 0 Å². The number of alkyl halides is 1. The summed E-state index contributed by atoms with van der Waals surface area (Å²) < 4.78 is 11.3. The zero-order valence-electron chi connectivity index (χ0n) is 8.67. The maximum atomic E-state index is 5.96. The van der Waals surface area contributed by atoms with Gasteiger partial charge in [-0.25, -0.2) is 0 Å². The van der Waals surface area contributed by atoms with Crippen LogP contribution in [-0.4, -0.2) is 18.6 Å². The van der Waals surface area contributed by atoms with Gasteiger partial charge >= 0.3 is 0 Å². The van der Waals surface area contributed by atoms with Crippen LogP contribution < -0.4 is 0 Å². The first-order chi connectivity index (χ1) is 7.55. The van der Waals surface area contributed by atoms with Crippen molar-refractivity contribution in [3.05, 3.63) is 33.8 Å². The molecular formula is C11H11Cl3O2. The lowest BCUT2D eigenvalue weighted by Gasteiger charge is -2.23. The minimum absolute atomic E-state index is 0.0823. The van der Waals surface area contributed by atoms with Gasteiger partial charge in [0.1, 0.15) is 0 Å². The smallest absolute Gasteiger partial charge is 0.192 e. The number of rotatable bonds is 2. The van der Waals surface area contributed by atoms with E-state index >= 15 is 0 Å². The lowest BCUT2D eigenvalue weighted by molar-refractivity contribution is -0.159. The fraction of sp³-hybridized carbons (Fsp3) is 0.455. The van der Waals surface area contributed by atoms with E-state index in [0.29, 0.717) is 22.5 Å². The van der Waals surface area contributed by atoms with E-state index < -0.39 is 5.79 Å². The fourth-order valence-electron chi connectivity index (χ4n) is 1.64. The SMILES string of the molecule is CC1(c2ccc(Cl)c(Cl)c2)OCC(CCl)O1. The second-order valence-corrected chi connectivity index (χ2v) is 4.90. The summed E-state index contributed by atoms with van der Waals surface area (Å²) in [4.78, 5) is 0. The van der Waals surface area contributed by atoms with Crippen molar-refractivity contribution in [3.8, 4) is 0 Å². The monoisotopic (exact) mass is 280 g/mol. The van der Waals surface area contributed by atoms with Gasteiger partial charge in [-0.05, 0) is 19.1 Å². The molecule has 88 valence electrons. The van der Waals surface area contributed by atoms with Crippen LogP contribution in [0.2, 0.25) is 10.0 Å². The van der Waals surface area contributed by atoms with Gasteiger partial charge in [-0.1, -0.05) is 29.3 Å². The molecule has 1 aromatic carbocycles. The Morgan fingerprint density at radius 2 is 2.12 bits per heavy atom. The van der Waals surface area contributed by atoms with Crippen LogP contribution >= 0.6 is 34.8 Å². The summed E-state index contributed by atoms with van der Waals surface area (Å²) in [6.45, 7) is 2.33. The number of hydrogen-bond acceptors (Lipinski definition) is 2. The number of benzene rings is 1. The molecule has 0 bridgehead atoms. The lowest BCUT2D eigenvalue weighted by Crippen LogP contribution is -2.24. The molecule has 0 aromatic heterocycles. The van der Waals surface area contributed by atoms with E-state index in [1.54, 1.807) is 12.1 Å². The van der Waals surface area contributed by atoms with Gasteiger partial charge < -0.3 is 9.47 Å². The highest BCUT2D eigenvalue weighted by molar-refractivity contribution is 6.42. The second-order valence-electron chi connectivity index (χ2n) is 3.78. The zero-order chi connectivity index (χ0) is 11.8. The van der Waals surface area contributed by atoms with Crippen LogP contribution in [0.5, 0.6) is 0 Å². The van der Waals surface area contributed by atoms with E-state index in [1.165, 1.54) is 0 Å². The van der Waals surface area contributed by atoms with Crippen molar-refractivity contribution in [1.82, 2.24) is 0 Å². The Kier molecular flexibility index (Phi) is 3.67. The molecule has 1 aliphatic rings. The average Bonchev–Trinajstić information content (AvgIpc) is 2.66. The van der Waals surface area contributed by atoms with Crippen LogP contribution in [0.15, 0.2) is 18.2 Å². The largest absolute Gasteiger partial charge is 0.343 e. The minimum atomic E-state index is -0.784. The third-order valence-electron chi connectivity index (χ3n) is 2.55. The van der Waals surface area contributed by atoms with E-state index in [0.717, 1.165) is 5.56 Å². The van der Waals surface area contributed by atoms with Gasteiger partial charge in [-0.3, -0.25) is 0 Å². The van der Waals surface area contributed by atoms with Crippen LogP contribution in [-0.2, 0) is 15.3 Å². The van der Waals surface area contributed by atoms with E-state index in [9.17, 15) is 0 Å². The molecule has 0 saturated carbocycles. The fourth-order valence-corrected chi connectivity index (χ4v) is 2.09. The average molecular weight is 282 g/mol. The summed E-state index contributed by atoms with van der Waals surface area (Å²) in [6, 6.07) is 5.32. The van der Waals surface area contributed by atoms with Crippen LogP contribution in [0.3, 0.4) is 0 Å². The Labute approximate surface area is 109 Å². The zero-order valence-corrected chi connectivity index (χ0v) is 10.9. The summed E-state index contributed by atoms with van der Waals surface area (Å²) in [6.07, 6.45) is -0.0823. The molecular weight excluding hydrogens is 270 g/mol. The Hall–Kier alpha value is 0.01000. The summed E-state index contributed by atoms with van der Waals surface area (Å²) in [5.41, 5.74) is 0.842. The molecule has 0 radical (unpaired) electrons. The quantitative estimate of drug-likeness (QED) is 0.767. The molecule has 0 aliphatic carbocycles. The predicted molar refractivity (Wildman–Crippen MR) is 65.4 cm³/mol. The molecule has 2 rings (SSSR count). The Morgan fingerprint density at radius 1 is 1.38 bits per heavy atom. The van der Waals surface area contributed by atoms with E-state index in [-0.39, 0.29) is 6.10 Å². The van der Waals surface area contributed by atoms with Gasteiger partial charge in [0.2, 0.25) is 0 Å². The first-order valence-electron chi connectivity index (χ1n) is 4.88. The van der Waals surface area contributed by atoms with Crippen molar-refractivity contribution < 1.29 is 9.47 Å². The molecule has 5 heteroatoms. The molecule has 1 fully saturated rings. The summed E-state index contributed by atoms with van der Waals surface area (Å²) in [7, 11) is 0. The highest BCUT2D eigenvalue weighted by atomic mass is 35.5. The van der Waals surface area contributed by atoms with Crippen LogP contribution in [0.1, 0.15) is 12.5 Å². The highest BCUT2D eigenvalue weighted by Gasteiger charge is 2.38. The Morgan fingerprint density at radius 3 is 2.69 bits per heavy atom. The Balaban J connectivity index is 2.27. The van der Waals surface area contributed by atoms with Crippen LogP contribution in [0, 0.1) is 0 Å². The molecule has 0 amide bonds.